The maximum Gasteiger partial charge on any atom is 0.223 e. The number of carbonyl (C=O) groups is 1. The Balaban J connectivity index is 2.03. The molecule has 1 aromatic carbocycles. The highest BCUT2D eigenvalue weighted by molar-refractivity contribution is 5.78. The molecule has 1 heterocycles. The smallest absolute Gasteiger partial charge is 0.223 e. The first-order valence-corrected chi connectivity index (χ1v) is 6.87. The minimum atomic E-state index is 0.0532. The summed E-state index contributed by atoms with van der Waals surface area (Å²) in [5.41, 5.74) is 2.25. The summed E-state index contributed by atoms with van der Waals surface area (Å²) in [6.45, 7) is 5.17. The molecule has 2 rings (SSSR count). The van der Waals surface area contributed by atoms with Crippen molar-refractivity contribution in [3.63, 3.8) is 0 Å². The number of carbonyl (C=O) groups excluding carboxylic acids is 1. The fraction of sp³-hybridized carbons (Fsp3) is 0.400. The van der Waals surface area contributed by atoms with Crippen molar-refractivity contribution >= 4 is 5.91 Å². The molecule has 0 unspecified atom stereocenters. The Hall–Kier alpha value is -2.17. The lowest BCUT2D eigenvalue weighted by molar-refractivity contribution is -0.124. The largest absolute Gasteiger partial charge is 0.352 e. The molecule has 0 saturated heterocycles. The summed E-state index contributed by atoms with van der Waals surface area (Å²) >= 11 is 0. The fourth-order valence-electron chi connectivity index (χ4n) is 1.92. The topological polar surface area (TPSA) is 59.8 Å². The van der Waals surface area contributed by atoms with Crippen LogP contribution in [0.25, 0.3) is 0 Å². The Labute approximate surface area is 119 Å². The highest BCUT2D eigenvalue weighted by Gasteiger charge is 2.10. The van der Waals surface area contributed by atoms with Crippen LogP contribution >= 0.6 is 0 Å². The van der Waals surface area contributed by atoms with Crippen molar-refractivity contribution in [2.45, 2.75) is 33.4 Å². The Morgan fingerprint density at radius 1 is 1.35 bits per heavy atom. The van der Waals surface area contributed by atoms with Gasteiger partial charge in [0.2, 0.25) is 5.91 Å². The van der Waals surface area contributed by atoms with Crippen molar-refractivity contribution in [1.82, 2.24) is 20.1 Å². The lowest BCUT2D eigenvalue weighted by Gasteiger charge is -2.13. The van der Waals surface area contributed by atoms with Gasteiger partial charge in [-0.1, -0.05) is 38.1 Å². The molecule has 0 fully saturated rings. The van der Waals surface area contributed by atoms with Crippen molar-refractivity contribution in [3.8, 4) is 0 Å². The van der Waals surface area contributed by atoms with Crippen LogP contribution in [-0.4, -0.2) is 20.7 Å². The second-order valence-electron chi connectivity index (χ2n) is 4.89. The Bertz CT molecular complexity index is 551. The zero-order chi connectivity index (χ0) is 14.4. The molecule has 0 spiro atoms. The third kappa shape index (κ3) is 3.66. The van der Waals surface area contributed by atoms with Crippen LogP contribution in [0.3, 0.4) is 0 Å². The van der Waals surface area contributed by atoms with Gasteiger partial charge in [0.05, 0.1) is 6.54 Å². The van der Waals surface area contributed by atoms with E-state index in [1.54, 1.807) is 11.0 Å². The second-order valence-corrected chi connectivity index (χ2v) is 4.89. The van der Waals surface area contributed by atoms with Gasteiger partial charge in [0.15, 0.2) is 0 Å². The SMILES string of the molecule is CC[C@H](C)C(=O)NCc1ccccc1Cn1cncn1. The van der Waals surface area contributed by atoms with Crippen LogP contribution in [0.1, 0.15) is 31.4 Å². The molecule has 1 amide bonds. The van der Waals surface area contributed by atoms with E-state index in [1.165, 1.54) is 6.33 Å². The number of nitrogens with zero attached hydrogens (tertiary/aromatic N) is 3. The third-order valence-corrected chi connectivity index (χ3v) is 3.43. The molecule has 0 aliphatic rings. The average Bonchev–Trinajstić information content (AvgIpc) is 2.98. The minimum Gasteiger partial charge on any atom is -0.352 e. The van der Waals surface area contributed by atoms with Crippen molar-refractivity contribution < 1.29 is 4.79 Å². The lowest BCUT2D eigenvalue weighted by atomic mass is 10.1. The van der Waals surface area contributed by atoms with E-state index < -0.39 is 0 Å². The molecule has 5 nitrogen and oxygen atoms in total. The van der Waals surface area contributed by atoms with Gasteiger partial charge in [-0.3, -0.25) is 4.79 Å². The van der Waals surface area contributed by atoms with E-state index in [-0.39, 0.29) is 11.8 Å². The molecule has 20 heavy (non-hydrogen) atoms. The van der Waals surface area contributed by atoms with Crippen LogP contribution in [0.15, 0.2) is 36.9 Å². The van der Waals surface area contributed by atoms with Gasteiger partial charge in [0.1, 0.15) is 12.7 Å². The Morgan fingerprint density at radius 3 is 2.75 bits per heavy atom. The molecule has 5 heteroatoms. The fourth-order valence-corrected chi connectivity index (χ4v) is 1.92. The summed E-state index contributed by atoms with van der Waals surface area (Å²) < 4.78 is 1.77. The van der Waals surface area contributed by atoms with Gasteiger partial charge < -0.3 is 5.32 Å². The maximum atomic E-state index is 11.8. The number of hydrogen-bond acceptors (Lipinski definition) is 3. The highest BCUT2D eigenvalue weighted by Crippen LogP contribution is 2.10. The number of benzene rings is 1. The molecule has 1 aromatic heterocycles. The first-order chi connectivity index (χ1) is 9.70. The van der Waals surface area contributed by atoms with E-state index in [4.69, 9.17) is 0 Å². The first-order valence-electron chi connectivity index (χ1n) is 6.87. The molecular weight excluding hydrogens is 252 g/mol. The number of nitrogens with one attached hydrogen (secondary N) is 1. The van der Waals surface area contributed by atoms with Crippen LogP contribution in [0, 0.1) is 5.92 Å². The van der Waals surface area contributed by atoms with Crippen LogP contribution in [0.5, 0.6) is 0 Å². The third-order valence-electron chi connectivity index (χ3n) is 3.43. The van der Waals surface area contributed by atoms with Gasteiger partial charge in [-0.2, -0.15) is 5.10 Å². The monoisotopic (exact) mass is 272 g/mol. The molecule has 2 aromatic rings. The summed E-state index contributed by atoms with van der Waals surface area (Å²) in [5.74, 6) is 0.153. The molecular formula is C15H20N4O. The zero-order valence-electron chi connectivity index (χ0n) is 11.9. The molecule has 1 N–H and O–H groups in total. The van der Waals surface area contributed by atoms with Crippen molar-refractivity contribution in [2.24, 2.45) is 5.92 Å². The normalized spacial score (nSPS) is 12.1. The molecule has 0 radical (unpaired) electrons. The average molecular weight is 272 g/mol. The van der Waals surface area contributed by atoms with Crippen molar-refractivity contribution in [2.75, 3.05) is 0 Å². The Morgan fingerprint density at radius 2 is 2.10 bits per heavy atom. The van der Waals surface area contributed by atoms with Crippen molar-refractivity contribution in [1.29, 1.82) is 0 Å². The minimum absolute atomic E-state index is 0.0532. The van der Waals surface area contributed by atoms with Crippen LogP contribution in [0.4, 0.5) is 0 Å². The number of amides is 1. The summed E-state index contributed by atoms with van der Waals surface area (Å²) in [6.07, 6.45) is 4.06. The summed E-state index contributed by atoms with van der Waals surface area (Å²) in [5, 5.41) is 7.09. The second kappa shape index (κ2) is 6.84. The van der Waals surface area contributed by atoms with Gasteiger partial charge in [-0.25, -0.2) is 9.67 Å². The van der Waals surface area contributed by atoms with Crippen LogP contribution in [0.2, 0.25) is 0 Å². The lowest BCUT2D eigenvalue weighted by Crippen LogP contribution is -2.28. The maximum absolute atomic E-state index is 11.8. The quantitative estimate of drug-likeness (QED) is 0.875. The molecule has 0 bridgehead atoms. The first kappa shape index (κ1) is 14.2. The summed E-state index contributed by atoms with van der Waals surface area (Å²) in [6, 6.07) is 8.05. The predicted molar refractivity (Wildman–Crippen MR) is 76.9 cm³/mol. The molecule has 0 saturated carbocycles. The van der Waals surface area contributed by atoms with Gasteiger partial charge >= 0.3 is 0 Å². The number of hydrogen-bond donors (Lipinski definition) is 1. The van der Waals surface area contributed by atoms with Gasteiger partial charge in [0, 0.05) is 12.5 Å². The van der Waals surface area contributed by atoms with E-state index in [0.717, 1.165) is 17.5 Å². The standard InChI is InChI=1S/C15H20N4O/c1-3-12(2)15(20)17-8-13-6-4-5-7-14(13)9-19-11-16-10-18-19/h4-7,10-12H,3,8-9H2,1-2H3,(H,17,20)/t12-/m0/s1. The molecule has 0 aliphatic heterocycles. The van der Waals surface area contributed by atoms with Gasteiger partial charge in [-0.15, -0.1) is 0 Å². The van der Waals surface area contributed by atoms with E-state index in [2.05, 4.69) is 15.4 Å². The molecule has 0 aliphatic carbocycles. The zero-order valence-corrected chi connectivity index (χ0v) is 11.9. The number of rotatable bonds is 6. The van der Waals surface area contributed by atoms with E-state index >= 15 is 0 Å². The highest BCUT2D eigenvalue weighted by atomic mass is 16.1. The molecule has 1 atom stereocenters. The van der Waals surface area contributed by atoms with Gasteiger partial charge in [0.25, 0.3) is 0 Å². The number of aromatic nitrogens is 3. The van der Waals surface area contributed by atoms with E-state index in [1.807, 2.05) is 38.1 Å². The van der Waals surface area contributed by atoms with Crippen LogP contribution in [-0.2, 0) is 17.9 Å². The van der Waals surface area contributed by atoms with Gasteiger partial charge in [-0.05, 0) is 17.5 Å². The summed E-state index contributed by atoms with van der Waals surface area (Å²) in [7, 11) is 0. The van der Waals surface area contributed by atoms with E-state index in [9.17, 15) is 4.79 Å². The van der Waals surface area contributed by atoms with E-state index in [0.29, 0.717) is 13.1 Å². The predicted octanol–water partition coefficient (Wildman–Crippen LogP) is 1.99. The summed E-state index contributed by atoms with van der Waals surface area (Å²) in [4.78, 5) is 15.8. The molecule has 106 valence electrons. The Kier molecular flexibility index (Phi) is 4.87. The van der Waals surface area contributed by atoms with Crippen molar-refractivity contribution in [3.05, 3.63) is 48.0 Å². The van der Waals surface area contributed by atoms with Crippen LogP contribution < -0.4 is 5.32 Å².